The molecule has 0 bridgehead atoms. The molecule has 3 rings (SSSR count). The van der Waals surface area contributed by atoms with E-state index >= 15 is 0 Å². The molecular formula is C22H25N3O5S. The van der Waals surface area contributed by atoms with Crippen LogP contribution in [-0.4, -0.2) is 55.0 Å². The van der Waals surface area contributed by atoms with Crippen LogP contribution < -0.4 is 19.9 Å². The third-order valence-electron chi connectivity index (χ3n) is 4.78. The molecule has 1 saturated heterocycles. The van der Waals surface area contributed by atoms with Gasteiger partial charge < -0.3 is 19.9 Å². The van der Waals surface area contributed by atoms with Crippen molar-refractivity contribution in [2.75, 3.05) is 27.9 Å². The van der Waals surface area contributed by atoms with Gasteiger partial charge in [-0.2, -0.15) is 0 Å². The standard InChI is InChI=1S/C22H25N3O5S/c1-28-16-7-5-15(6-8-16)24-22-25(21(27)19(31-22)13-20(23)26)11-10-14-4-9-17(29-2)18(12-14)30-3/h4-9,12,19H,10-11,13H2,1-3H3,(H2,23,26). The Morgan fingerprint density at radius 2 is 1.77 bits per heavy atom. The predicted molar refractivity (Wildman–Crippen MR) is 120 cm³/mol. The quantitative estimate of drug-likeness (QED) is 0.639. The van der Waals surface area contributed by atoms with Gasteiger partial charge in [0.25, 0.3) is 0 Å². The first-order chi connectivity index (χ1) is 14.9. The summed E-state index contributed by atoms with van der Waals surface area (Å²) in [5.74, 6) is 1.30. The van der Waals surface area contributed by atoms with E-state index in [2.05, 4.69) is 4.99 Å². The molecule has 2 N–H and O–H groups in total. The van der Waals surface area contributed by atoms with E-state index in [1.165, 1.54) is 11.8 Å². The van der Waals surface area contributed by atoms with Crippen LogP contribution in [0.3, 0.4) is 0 Å². The van der Waals surface area contributed by atoms with Gasteiger partial charge in [0.15, 0.2) is 16.7 Å². The van der Waals surface area contributed by atoms with E-state index in [9.17, 15) is 9.59 Å². The summed E-state index contributed by atoms with van der Waals surface area (Å²) >= 11 is 1.26. The Morgan fingerprint density at radius 1 is 1.06 bits per heavy atom. The molecule has 31 heavy (non-hydrogen) atoms. The van der Waals surface area contributed by atoms with Crippen LogP contribution in [0.15, 0.2) is 47.5 Å². The van der Waals surface area contributed by atoms with E-state index in [-0.39, 0.29) is 12.3 Å². The van der Waals surface area contributed by atoms with Crippen LogP contribution in [0.5, 0.6) is 17.2 Å². The number of ether oxygens (including phenoxy) is 3. The Hall–Kier alpha value is -3.20. The van der Waals surface area contributed by atoms with E-state index in [4.69, 9.17) is 19.9 Å². The van der Waals surface area contributed by atoms with Crippen LogP contribution in [0.4, 0.5) is 5.69 Å². The Kier molecular flexibility index (Phi) is 7.41. The van der Waals surface area contributed by atoms with Gasteiger partial charge in [-0.3, -0.25) is 14.5 Å². The second-order valence-electron chi connectivity index (χ2n) is 6.80. The first kappa shape index (κ1) is 22.5. The molecule has 1 aliphatic heterocycles. The molecule has 1 heterocycles. The normalized spacial score (nSPS) is 17.1. The highest BCUT2D eigenvalue weighted by Crippen LogP contribution is 2.33. The van der Waals surface area contributed by atoms with Gasteiger partial charge in [0, 0.05) is 13.0 Å². The van der Waals surface area contributed by atoms with Crippen LogP contribution in [0.1, 0.15) is 12.0 Å². The maximum absolute atomic E-state index is 12.9. The minimum atomic E-state index is -0.570. The van der Waals surface area contributed by atoms with Gasteiger partial charge in [-0.1, -0.05) is 17.8 Å². The molecule has 1 fully saturated rings. The van der Waals surface area contributed by atoms with Crippen LogP contribution in [-0.2, 0) is 16.0 Å². The van der Waals surface area contributed by atoms with Gasteiger partial charge in [-0.15, -0.1) is 0 Å². The van der Waals surface area contributed by atoms with Crippen molar-refractivity contribution in [1.29, 1.82) is 0 Å². The second-order valence-corrected chi connectivity index (χ2v) is 7.97. The van der Waals surface area contributed by atoms with Crippen molar-refractivity contribution in [2.45, 2.75) is 18.1 Å². The zero-order chi connectivity index (χ0) is 22.4. The average Bonchev–Trinajstić information content (AvgIpc) is 3.05. The average molecular weight is 444 g/mol. The molecule has 0 aromatic heterocycles. The lowest BCUT2D eigenvalue weighted by Gasteiger charge is -2.17. The fraction of sp³-hybridized carbons (Fsp3) is 0.318. The monoisotopic (exact) mass is 443 g/mol. The molecule has 1 unspecified atom stereocenters. The SMILES string of the molecule is COc1ccc(N=C2SC(CC(N)=O)C(=O)N2CCc2ccc(OC)c(OC)c2)cc1. The predicted octanol–water partition coefficient (Wildman–Crippen LogP) is 2.76. The Morgan fingerprint density at radius 3 is 2.39 bits per heavy atom. The first-order valence-electron chi connectivity index (χ1n) is 9.65. The summed E-state index contributed by atoms with van der Waals surface area (Å²) in [5.41, 5.74) is 7.00. The minimum Gasteiger partial charge on any atom is -0.497 e. The fourth-order valence-electron chi connectivity index (χ4n) is 3.16. The lowest BCUT2D eigenvalue weighted by atomic mass is 10.1. The maximum Gasteiger partial charge on any atom is 0.242 e. The van der Waals surface area contributed by atoms with Crippen molar-refractivity contribution in [3.05, 3.63) is 48.0 Å². The maximum atomic E-state index is 12.9. The Balaban J connectivity index is 1.82. The van der Waals surface area contributed by atoms with Gasteiger partial charge in [0.1, 0.15) is 11.0 Å². The minimum absolute atomic E-state index is 0.0298. The number of hydrogen-bond donors (Lipinski definition) is 1. The van der Waals surface area contributed by atoms with E-state index in [1.807, 2.05) is 30.3 Å². The lowest BCUT2D eigenvalue weighted by molar-refractivity contribution is -0.128. The van der Waals surface area contributed by atoms with E-state index in [0.717, 1.165) is 11.3 Å². The van der Waals surface area contributed by atoms with Crippen molar-refractivity contribution >= 4 is 34.4 Å². The smallest absolute Gasteiger partial charge is 0.242 e. The molecule has 8 nitrogen and oxygen atoms in total. The van der Waals surface area contributed by atoms with Gasteiger partial charge in [-0.05, 0) is 48.4 Å². The van der Waals surface area contributed by atoms with E-state index < -0.39 is 11.2 Å². The lowest BCUT2D eigenvalue weighted by Crippen LogP contribution is -2.35. The number of nitrogens with two attached hydrogens (primary N) is 1. The van der Waals surface area contributed by atoms with Crippen molar-refractivity contribution in [2.24, 2.45) is 10.7 Å². The molecule has 0 radical (unpaired) electrons. The molecule has 1 atom stereocenters. The zero-order valence-electron chi connectivity index (χ0n) is 17.7. The Labute approximate surface area is 185 Å². The second kappa shape index (κ2) is 10.2. The van der Waals surface area contributed by atoms with Crippen molar-refractivity contribution in [1.82, 2.24) is 4.90 Å². The van der Waals surface area contributed by atoms with Crippen LogP contribution >= 0.6 is 11.8 Å². The summed E-state index contributed by atoms with van der Waals surface area (Å²) in [6.45, 7) is 0.408. The van der Waals surface area contributed by atoms with Gasteiger partial charge in [-0.25, -0.2) is 4.99 Å². The molecule has 2 aromatic carbocycles. The largest absolute Gasteiger partial charge is 0.497 e. The number of methoxy groups -OCH3 is 3. The van der Waals surface area contributed by atoms with E-state index in [1.54, 1.807) is 38.4 Å². The summed E-state index contributed by atoms with van der Waals surface area (Å²) in [4.78, 5) is 30.6. The van der Waals surface area contributed by atoms with Gasteiger partial charge in [0.2, 0.25) is 11.8 Å². The molecule has 0 saturated carbocycles. The molecule has 9 heteroatoms. The number of nitrogens with zero attached hydrogens (tertiary/aromatic N) is 2. The number of carbonyl (C=O) groups excluding carboxylic acids is 2. The molecule has 2 aromatic rings. The summed E-state index contributed by atoms with van der Waals surface area (Å²) < 4.78 is 15.8. The first-order valence-corrected chi connectivity index (χ1v) is 10.5. The van der Waals surface area contributed by atoms with Crippen LogP contribution in [0, 0.1) is 0 Å². The molecule has 2 amide bonds. The van der Waals surface area contributed by atoms with E-state index in [0.29, 0.717) is 35.3 Å². The highest BCUT2D eigenvalue weighted by atomic mass is 32.2. The number of rotatable bonds is 9. The third kappa shape index (κ3) is 5.49. The number of amidine groups is 1. The molecule has 0 spiro atoms. The summed E-state index contributed by atoms with van der Waals surface area (Å²) in [5, 5.41) is -0.0261. The van der Waals surface area contributed by atoms with Gasteiger partial charge in [0.05, 0.1) is 27.0 Å². The summed E-state index contributed by atoms with van der Waals surface area (Å²) in [7, 11) is 4.76. The highest BCUT2D eigenvalue weighted by molar-refractivity contribution is 8.15. The fourth-order valence-corrected chi connectivity index (χ4v) is 4.35. The number of amides is 2. The third-order valence-corrected chi connectivity index (χ3v) is 5.95. The highest BCUT2D eigenvalue weighted by Gasteiger charge is 2.38. The summed E-state index contributed by atoms with van der Waals surface area (Å²) in [6, 6.07) is 12.9. The number of thioether (sulfide) groups is 1. The Bertz CT molecular complexity index is 978. The number of primary amides is 1. The number of benzene rings is 2. The van der Waals surface area contributed by atoms with Crippen molar-refractivity contribution in [3.63, 3.8) is 0 Å². The zero-order valence-corrected chi connectivity index (χ0v) is 18.5. The number of hydrogen-bond acceptors (Lipinski definition) is 7. The van der Waals surface area contributed by atoms with Gasteiger partial charge >= 0.3 is 0 Å². The number of aliphatic imine (C=N–C) groups is 1. The number of carbonyl (C=O) groups is 2. The van der Waals surface area contributed by atoms with Crippen molar-refractivity contribution < 1.29 is 23.8 Å². The molecule has 1 aliphatic rings. The van der Waals surface area contributed by atoms with Crippen LogP contribution in [0.2, 0.25) is 0 Å². The molecular weight excluding hydrogens is 418 g/mol. The molecule has 0 aliphatic carbocycles. The summed E-state index contributed by atoms with van der Waals surface area (Å²) in [6.07, 6.45) is 0.551. The van der Waals surface area contributed by atoms with Crippen LogP contribution in [0.25, 0.3) is 0 Å². The van der Waals surface area contributed by atoms with Crippen molar-refractivity contribution in [3.8, 4) is 17.2 Å². The molecule has 164 valence electrons. The topological polar surface area (TPSA) is 103 Å².